The summed E-state index contributed by atoms with van der Waals surface area (Å²) in [6.45, 7) is 3.83. The summed E-state index contributed by atoms with van der Waals surface area (Å²) in [4.78, 5) is 12.0. The van der Waals surface area contributed by atoms with Crippen LogP contribution in [-0.2, 0) is 14.3 Å². The van der Waals surface area contributed by atoms with Crippen molar-refractivity contribution in [2.24, 2.45) is 5.92 Å². The maximum atomic E-state index is 12.0. The van der Waals surface area contributed by atoms with Gasteiger partial charge >= 0.3 is 5.97 Å². The van der Waals surface area contributed by atoms with E-state index in [9.17, 15) is 4.79 Å². The highest BCUT2D eigenvalue weighted by Gasteiger charge is 2.46. The highest BCUT2D eigenvalue weighted by Crippen LogP contribution is 2.35. The molecule has 2 rings (SSSR count). The first-order valence-electron chi connectivity index (χ1n) is 7.15. The molecule has 104 valence electrons. The molecule has 4 heteroatoms. The standard InChI is InChI=1S/C14H25NO3/c1-3-8-15-14(13(16)17-2)7-6-12(9-14)18-10-11-4-5-11/h11-12,15H,3-10H2,1-2H3. The van der Waals surface area contributed by atoms with Gasteiger partial charge in [-0.15, -0.1) is 0 Å². The summed E-state index contributed by atoms with van der Waals surface area (Å²) in [6.07, 6.45) is 6.40. The number of methoxy groups -OCH3 is 1. The quantitative estimate of drug-likeness (QED) is 0.706. The summed E-state index contributed by atoms with van der Waals surface area (Å²) < 4.78 is 10.9. The van der Waals surface area contributed by atoms with Gasteiger partial charge in [-0.2, -0.15) is 0 Å². The van der Waals surface area contributed by atoms with Gasteiger partial charge in [0.05, 0.1) is 13.2 Å². The first-order valence-corrected chi connectivity index (χ1v) is 7.15. The number of ether oxygens (including phenoxy) is 2. The van der Waals surface area contributed by atoms with Crippen LogP contribution in [0.15, 0.2) is 0 Å². The summed E-state index contributed by atoms with van der Waals surface area (Å²) in [5.74, 6) is 0.648. The second kappa shape index (κ2) is 6.02. The van der Waals surface area contributed by atoms with Crippen LogP contribution in [0.3, 0.4) is 0 Å². The first-order chi connectivity index (χ1) is 8.70. The molecule has 4 nitrogen and oxygen atoms in total. The Morgan fingerprint density at radius 2 is 2.17 bits per heavy atom. The van der Waals surface area contributed by atoms with Crippen LogP contribution in [0.1, 0.15) is 45.4 Å². The van der Waals surface area contributed by atoms with Crippen LogP contribution in [0, 0.1) is 5.92 Å². The Hall–Kier alpha value is -0.610. The number of hydrogen-bond acceptors (Lipinski definition) is 4. The molecular formula is C14H25NO3. The van der Waals surface area contributed by atoms with Crippen molar-refractivity contribution < 1.29 is 14.3 Å². The van der Waals surface area contributed by atoms with Gasteiger partial charge < -0.3 is 14.8 Å². The van der Waals surface area contributed by atoms with Crippen molar-refractivity contribution in [2.45, 2.75) is 57.1 Å². The van der Waals surface area contributed by atoms with Gasteiger partial charge in [0.2, 0.25) is 0 Å². The molecule has 2 atom stereocenters. The van der Waals surface area contributed by atoms with Gasteiger partial charge in [-0.05, 0) is 44.6 Å². The summed E-state index contributed by atoms with van der Waals surface area (Å²) in [5.41, 5.74) is -0.501. The number of hydrogen-bond donors (Lipinski definition) is 1. The van der Waals surface area contributed by atoms with Crippen molar-refractivity contribution in [3.63, 3.8) is 0 Å². The Bertz CT molecular complexity index is 291. The monoisotopic (exact) mass is 255 g/mol. The molecule has 0 aliphatic heterocycles. The van der Waals surface area contributed by atoms with Gasteiger partial charge in [-0.25, -0.2) is 0 Å². The highest BCUT2D eigenvalue weighted by molar-refractivity contribution is 5.81. The minimum atomic E-state index is -0.501. The second-order valence-corrected chi connectivity index (χ2v) is 5.64. The minimum Gasteiger partial charge on any atom is -0.468 e. The van der Waals surface area contributed by atoms with Gasteiger partial charge in [-0.1, -0.05) is 6.92 Å². The molecule has 2 aliphatic carbocycles. The SMILES string of the molecule is CCCNC1(C(=O)OC)CCC(OCC2CC2)C1. The molecule has 2 saturated carbocycles. The lowest BCUT2D eigenvalue weighted by Gasteiger charge is -2.27. The van der Waals surface area contributed by atoms with Gasteiger partial charge in [0.15, 0.2) is 0 Å². The molecule has 0 heterocycles. The molecule has 0 aromatic rings. The molecule has 0 spiro atoms. The summed E-state index contributed by atoms with van der Waals surface area (Å²) in [6, 6.07) is 0. The summed E-state index contributed by atoms with van der Waals surface area (Å²) >= 11 is 0. The normalized spacial score (nSPS) is 31.6. The summed E-state index contributed by atoms with van der Waals surface area (Å²) in [5, 5.41) is 3.37. The smallest absolute Gasteiger partial charge is 0.326 e. The largest absolute Gasteiger partial charge is 0.468 e. The van der Waals surface area contributed by atoms with Crippen LogP contribution in [0.2, 0.25) is 0 Å². The van der Waals surface area contributed by atoms with E-state index >= 15 is 0 Å². The molecule has 0 amide bonds. The molecule has 2 fully saturated rings. The van der Waals surface area contributed by atoms with Crippen LogP contribution in [-0.4, -0.2) is 37.9 Å². The Morgan fingerprint density at radius 1 is 1.39 bits per heavy atom. The van der Waals surface area contributed by atoms with Crippen LogP contribution < -0.4 is 5.32 Å². The fourth-order valence-electron chi connectivity index (χ4n) is 2.68. The zero-order valence-electron chi connectivity index (χ0n) is 11.5. The van der Waals surface area contributed by atoms with Crippen LogP contribution in [0.25, 0.3) is 0 Å². The number of nitrogens with one attached hydrogen (secondary N) is 1. The fourth-order valence-corrected chi connectivity index (χ4v) is 2.68. The van der Waals surface area contributed by atoms with Crippen molar-refractivity contribution in [1.82, 2.24) is 5.32 Å². The molecule has 1 N–H and O–H groups in total. The Kier molecular flexibility index (Phi) is 4.62. The van der Waals surface area contributed by atoms with Crippen LogP contribution >= 0.6 is 0 Å². The van der Waals surface area contributed by atoms with Crippen molar-refractivity contribution >= 4 is 5.97 Å². The van der Waals surface area contributed by atoms with Crippen molar-refractivity contribution in [3.8, 4) is 0 Å². The van der Waals surface area contributed by atoms with Crippen molar-refractivity contribution in [3.05, 3.63) is 0 Å². The predicted octanol–water partition coefficient (Wildman–Crippen LogP) is 1.88. The third kappa shape index (κ3) is 3.23. The van der Waals surface area contributed by atoms with E-state index in [0.717, 1.165) is 44.8 Å². The van der Waals surface area contributed by atoms with Gasteiger partial charge in [-0.3, -0.25) is 4.79 Å². The van der Waals surface area contributed by atoms with Crippen molar-refractivity contribution in [2.75, 3.05) is 20.3 Å². The van der Waals surface area contributed by atoms with Crippen LogP contribution in [0.5, 0.6) is 0 Å². The minimum absolute atomic E-state index is 0.131. The van der Waals surface area contributed by atoms with E-state index in [1.54, 1.807) is 0 Å². The van der Waals surface area contributed by atoms with E-state index in [0.29, 0.717) is 0 Å². The predicted molar refractivity (Wildman–Crippen MR) is 69.4 cm³/mol. The van der Waals surface area contributed by atoms with E-state index < -0.39 is 5.54 Å². The molecule has 0 radical (unpaired) electrons. The zero-order chi connectivity index (χ0) is 13.0. The van der Waals surface area contributed by atoms with Crippen LogP contribution in [0.4, 0.5) is 0 Å². The zero-order valence-corrected chi connectivity index (χ0v) is 11.5. The maximum Gasteiger partial charge on any atom is 0.326 e. The highest BCUT2D eigenvalue weighted by atomic mass is 16.5. The molecule has 0 saturated heterocycles. The third-order valence-electron chi connectivity index (χ3n) is 4.02. The second-order valence-electron chi connectivity index (χ2n) is 5.64. The molecule has 2 unspecified atom stereocenters. The first kappa shape index (κ1) is 13.8. The Labute approximate surface area is 109 Å². The van der Waals surface area contributed by atoms with Gasteiger partial charge in [0.1, 0.15) is 5.54 Å². The average molecular weight is 255 g/mol. The number of esters is 1. The Morgan fingerprint density at radius 3 is 2.78 bits per heavy atom. The van der Waals surface area contributed by atoms with E-state index in [4.69, 9.17) is 9.47 Å². The lowest BCUT2D eigenvalue weighted by molar-refractivity contribution is -0.148. The van der Waals surface area contributed by atoms with E-state index in [1.165, 1.54) is 20.0 Å². The number of rotatable bonds is 7. The number of carbonyl (C=O) groups is 1. The third-order valence-corrected chi connectivity index (χ3v) is 4.02. The Balaban J connectivity index is 1.87. The molecule has 0 aromatic heterocycles. The summed E-state index contributed by atoms with van der Waals surface area (Å²) in [7, 11) is 1.47. The topological polar surface area (TPSA) is 47.6 Å². The molecule has 0 aromatic carbocycles. The van der Waals surface area contributed by atoms with E-state index in [1.807, 2.05) is 0 Å². The van der Waals surface area contributed by atoms with Gasteiger partial charge in [0.25, 0.3) is 0 Å². The van der Waals surface area contributed by atoms with E-state index in [2.05, 4.69) is 12.2 Å². The van der Waals surface area contributed by atoms with Gasteiger partial charge in [0, 0.05) is 13.0 Å². The molecule has 18 heavy (non-hydrogen) atoms. The molecular weight excluding hydrogens is 230 g/mol. The lowest BCUT2D eigenvalue weighted by atomic mass is 9.97. The fraction of sp³-hybridized carbons (Fsp3) is 0.929. The van der Waals surface area contributed by atoms with E-state index in [-0.39, 0.29) is 12.1 Å². The number of carbonyl (C=O) groups excluding carboxylic acids is 1. The average Bonchev–Trinajstić information content (AvgIpc) is 3.13. The maximum absolute atomic E-state index is 12.0. The van der Waals surface area contributed by atoms with Crippen molar-refractivity contribution in [1.29, 1.82) is 0 Å². The lowest BCUT2D eigenvalue weighted by Crippen LogP contribution is -2.51. The molecule has 2 aliphatic rings. The molecule has 0 bridgehead atoms.